The third kappa shape index (κ3) is 3.24. The highest BCUT2D eigenvalue weighted by Gasteiger charge is 2.16. The lowest BCUT2D eigenvalue weighted by Gasteiger charge is -2.27. The predicted molar refractivity (Wildman–Crippen MR) is 75.1 cm³/mol. The Hall–Kier alpha value is -1.06. The smallest absolute Gasteiger partial charge is 0.123 e. The van der Waals surface area contributed by atoms with E-state index in [4.69, 9.17) is 4.74 Å². The Morgan fingerprint density at radius 1 is 1.39 bits per heavy atom. The molecular weight excluding hydrogens is 224 g/mol. The molecule has 3 heteroatoms. The average molecular weight is 248 g/mol. The Kier molecular flexibility index (Phi) is 4.61. The van der Waals surface area contributed by atoms with Gasteiger partial charge in [0.15, 0.2) is 0 Å². The fourth-order valence-electron chi connectivity index (χ4n) is 2.20. The molecule has 0 radical (unpaired) electrons. The summed E-state index contributed by atoms with van der Waals surface area (Å²) in [5.74, 6) is 2.34. The van der Waals surface area contributed by atoms with E-state index in [9.17, 15) is 0 Å². The van der Waals surface area contributed by atoms with Crippen molar-refractivity contribution in [3.63, 3.8) is 0 Å². The Bertz CT molecular complexity index is 386. The predicted octanol–water partition coefficient (Wildman–Crippen LogP) is 2.13. The van der Waals surface area contributed by atoms with Crippen molar-refractivity contribution >= 4 is 0 Å². The summed E-state index contributed by atoms with van der Waals surface area (Å²) in [4.78, 5) is 0. The molecule has 1 heterocycles. The molecule has 1 aromatic carbocycles. The van der Waals surface area contributed by atoms with Crippen molar-refractivity contribution in [2.45, 2.75) is 26.3 Å². The Balaban J connectivity index is 1.96. The molecule has 2 rings (SSSR count). The van der Waals surface area contributed by atoms with Crippen LogP contribution in [0, 0.1) is 5.92 Å². The molecule has 1 aliphatic heterocycles. The Morgan fingerprint density at radius 2 is 2.17 bits per heavy atom. The molecule has 2 N–H and O–H groups in total. The number of rotatable bonds is 6. The second kappa shape index (κ2) is 6.21. The zero-order chi connectivity index (χ0) is 13.0. The third-order valence-corrected chi connectivity index (χ3v) is 3.59. The van der Waals surface area contributed by atoms with Crippen LogP contribution >= 0.6 is 0 Å². The minimum absolute atomic E-state index is 0.561. The largest absolute Gasteiger partial charge is 0.496 e. The van der Waals surface area contributed by atoms with Gasteiger partial charge in [-0.3, -0.25) is 0 Å². The van der Waals surface area contributed by atoms with Crippen molar-refractivity contribution in [2.24, 2.45) is 5.92 Å². The van der Waals surface area contributed by atoms with E-state index in [0.717, 1.165) is 37.8 Å². The molecule has 0 spiro atoms. The van der Waals surface area contributed by atoms with Gasteiger partial charge in [-0.15, -0.1) is 0 Å². The van der Waals surface area contributed by atoms with Crippen LogP contribution < -0.4 is 15.4 Å². The van der Waals surface area contributed by atoms with Crippen molar-refractivity contribution in [2.75, 3.05) is 26.7 Å². The minimum Gasteiger partial charge on any atom is -0.496 e. The standard InChI is InChI=1S/C15H24N2O/c1-11(2)13-4-5-15(18-3)14(6-13)10-17-9-12-7-16-8-12/h4-6,11-12,16-17H,7-10H2,1-3H3. The Labute approximate surface area is 110 Å². The van der Waals surface area contributed by atoms with Crippen LogP contribution in [0.5, 0.6) is 5.75 Å². The van der Waals surface area contributed by atoms with E-state index in [2.05, 4.69) is 42.7 Å². The van der Waals surface area contributed by atoms with Crippen molar-refractivity contribution in [1.29, 1.82) is 0 Å². The maximum Gasteiger partial charge on any atom is 0.123 e. The fraction of sp³-hybridized carbons (Fsp3) is 0.600. The molecular formula is C15H24N2O. The van der Waals surface area contributed by atoms with E-state index in [1.54, 1.807) is 7.11 Å². The van der Waals surface area contributed by atoms with Gasteiger partial charge in [-0.2, -0.15) is 0 Å². The zero-order valence-electron chi connectivity index (χ0n) is 11.6. The van der Waals surface area contributed by atoms with Crippen molar-refractivity contribution in [3.05, 3.63) is 29.3 Å². The van der Waals surface area contributed by atoms with Crippen LogP contribution in [-0.4, -0.2) is 26.7 Å². The molecule has 0 atom stereocenters. The van der Waals surface area contributed by atoms with E-state index in [1.807, 2.05) is 0 Å². The van der Waals surface area contributed by atoms with Crippen molar-refractivity contribution < 1.29 is 4.74 Å². The highest BCUT2D eigenvalue weighted by Crippen LogP contribution is 2.24. The fourth-order valence-corrected chi connectivity index (χ4v) is 2.20. The third-order valence-electron chi connectivity index (χ3n) is 3.59. The van der Waals surface area contributed by atoms with Gasteiger partial charge in [0.1, 0.15) is 5.75 Å². The molecule has 3 nitrogen and oxygen atoms in total. The molecule has 1 saturated heterocycles. The average Bonchev–Trinajstić information content (AvgIpc) is 2.32. The van der Waals surface area contributed by atoms with E-state index in [1.165, 1.54) is 11.1 Å². The highest BCUT2D eigenvalue weighted by molar-refractivity contribution is 5.38. The van der Waals surface area contributed by atoms with Gasteiger partial charge in [0.25, 0.3) is 0 Å². The summed E-state index contributed by atoms with van der Waals surface area (Å²) in [6.45, 7) is 8.72. The lowest BCUT2D eigenvalue weighted by atomic mass is 9.99. The molecule has 1 fully saturated rings. The molecule has 0 unspecified atom stereocenters. The molecule has 0 saturated carbocycles. The second-order valence-corrected chi connectivity index (χ2v) is 5.38. The highest BCUT2D eigenvalue weighted by atomic mass is 16.5. The van der Waals surface area contributed by atoms with Gasteiger partial charge >= 0.3 is 0 Å². The molecule has 1 aromatic rings. The van der Waals surface area contributed by atoms with Gasteiger partial charge in [0.2, 0.25) is 0 Å². The summed E-state index contributed by atoms with van der Waals surface area (Å²) in [7, 11) is 1.74. The van der Waals surface area contributed by atoms with Crippen LogP contribution in [0.25, 0.3) is 0 Å². The minimum atomic E-state index is 0.561. The molecule has 100 valence electrons. The maximum absolute atomic E-state index is 5.43. The summed E-state index contributed by atoms with van der Waals surface area (Å²) in [6.07, 6.45) is 0. The molecule has 18 heavy (non-hydrogen) atoms. The van der Waals surface area contributed by atoms with E-state index in [-0.39, 0.29) is 0 Å². The summed E-state index contributed by atoms with van der Waals surface area (Å²) < 4.78 is 5.43. The van der Waals surface area contributed by atoms with Crippen LogP contribution in [0.4, 0.5) is 0 Å². The lowest BCUT2D eigenvalue weighted by Crippen LogP contribution is -2.47. The number of hydrogen-bond acceptors (Lipinski definition) is 3. The number of methoxy groups -OCH3 is 1. The molecule has 0 aromatic heterocycles. The normalized spacial score (nSPS) is 15.8. The number of ether oxygens (including phenoxy) is 1. The number of benzene rings is 1. The zero-order valence-corrected chi connectivity index (χ0v) is 11.6. The lowest BCUT2D eigenvalue weighted by molar-refractivity contribution is 0.330. The number of nitrogens with one attached hydrogen (secondary N) is 2. The summed E-state index contributed by atoms with van der Waals surface area (Å²) in [6, 6.07) is 6.50. The first-order chi connectivity index (χ1) is 8.70. The monoisotopic (exact) mass is 248 g/mol. The van der Waals surface area contributed by atoms with Crippen molar-refractivity contribution in [1.82, 2.24) is 10.6 Å². The summed E-state index contributed by atoms with van der Waals surface area (Å²) >= 11 is 0. The first-order valence-electron chi connectivity index (χ1n) is 6.79. The molecule has 1 aliphatic rings. The van der Waals surface area contributed by atoms with Crippen LogP contribution in [-0.2, 0) is 6.54 Å². The van der Waals surface area contributed by atoms with Gasteiger partial charge in [-0.05, 0) is 23.5 Å². The van der Waals surface area contributed by atoms with Crippen LogP contribution in [0.15, 0.2) is 18.2 Å². The Morgan fingerprint density at radius 3 is 2.72 bits per heavy atom. The topological polar surface area (TPSA) is 33.3 Å². The van der Waals surface area contributed by atoms with Crippen LogP contribution in [0.3, 0.4) is 0 Å². The number of hydrogen-bond donors (Lipinski definition) is 2. The van der Waals surface area contributed by atoms with Crippen molar-refractivity contribution in [3.8, 4) is 5.75 Å². The quantitative estimate of drug-likeness (QED) is 0.809. The maximum atomic E-state index is 5.43. The summed E-state index contributed by atoms with van der Waals surface area (Å²) in [5.41, 5.74) is 2.63. The van der Waals surface area contributed by atoms with Gasteiger partial charge in [-0.25, -0.2) is 0 Å². The van der Waals surface area contributed by atoms with E-state index in [0.29, 0.717) is 5.92 Å². The van der Waals surface area contributed by atoms with Gasteiger partial charge < -0.3 is 15.4 Å². The van der Waals surface area contributed by atoms with Crippen LogP contribution in [0.1, 0.15) is 30.9 Å². The first kappa shape index (κ1) is 13.4. The first-order valence-corrected chi connectivity index (χ1v) is 6.79. The van der Waals surface area contributed by atoms with E-state index >= 15 is 0 Å². The summed E-state index contributed by atoms with van der Waals surface area (Å²) in [5, 5.41) is 6.82. The van der Waals surface area contributed by atoms with Gasteiger partial charge in [0, 0.05) is 31.7 Å². The molecule has 0 amide bonds. The van der Waals surface area contributed by atoms with Gasteiger partial charge in [0.05, 0.1) is 7.11 Å². The van der Waals surface area contributed by atoms with Gasteiger partial charge in [-0.1, -0.05) is 26.0 Å². The van der Waals surface area contributed by atoms with E-state index < -0.39 is 0 Å². The van der Waals surface area contributed by atoms with Crippen LogP contribution in [0.2, 0.25) is 0 Å². The molecule has 0 bridgehead atoms. The molecule has 0 aliphatic carbocycles. The SMILES string of the molecule is COc1ccc(C(C)C)cc1CNCC1CNC1. The second-order valence-electron chi connectivity index (χ2n) is 5.38.